The van der Waals surface area contributed by atoms with Crippen molar-refractivity contribution in [2.75, 3.05) is 0 Å². The zero-order valence-corrected chi connectivity index (χ0v) is 11.8. The number of aromatic amines is 1. The molecule has 106 valence electrons. The van der Waals surface area contributed by atoms with Crippen LogP contribution in [0, 0.1) is 11.8 Å². The van der Waals surface area contributed by atoms with Crippen molar-refractivity contribution in [3.05, 3.63) is 26.4 Å². The Morgan fingerprint density at radius 2 is 1.79 bits per heavy atom. The smallest absolute Gasteiger partial charge is 0.331 e. The van der Waals surface area contributed by atoms with Crippen molar-refractivity contribution in [1.82, 2.24) is 9.55 Å². The molecule has 1 saturated carbocycles. The highest BCUT2D eigenvalue weighted by Crippen LogP contribution is 2.36. The van der Waals surface area contributed by atoms with Crippen molar-refractivity contribution in [3.8, 4) is 5.88 Å². The number of H-pyrrole nitrogens is 1. The van der Waals surface area contributed by atoms with Gasteiger partial charge in [-0.3, -0.25) is 14.3 Å². The fraction of sp³-hybridized carbons (Fsp3) is 0.714. The van der Waals surface area contributed by atoms with Gasteiger partial charge in [-0.25, -0.2) is 4.79 Å². The Bertz CT molecular complexity index is 563. The summed E-state index contributed by atoms with van der Waals surface area (Å²) in [5.74, 6) is 0.900. The molecule has 0 amide bonds. The van der Waals surface area contributed by atoms with Crippen LogP contribution in [0.25, 0.3) is 0 Å². The molecule has 2 rings (SSSR count). The highest BCUT2D eigenvalue weighted by atomic mass is 16.3. The summed E-state index contributed by atoms with van der Waals surface area (Å²) in [6, 6.07) is -0.0200. The van der Waals surface area contributed by atoms with Crippen molar-refractivity contribution in [1.29, 1.82) is 0 Å². The minimum atomic E-state index is -0.494. The summed E-state index contributed by atoms with van der Waals surface area (Å²) >= 11 is 0. The second kappa shape index (κ2) is 5.23. The van der Waals surface area contributed by atoms with Gasteiger partial charge in [0.05, 0.1) is 5.56 Å². The molecule has 0 bridgehead atoms. The Morgan fingerprint density at radius 3 is 2.32 bits per heavy atom. The molecule has 1 aromatic heterocycles. The normalized spacial score (nSPS) is 27.4. The first-order valence-electron chi connectivity index (χ1n) is 7.00. The second-order valence-corrected chi connectivity index (χ2v) is 5.86. The van der Waals surface area contributed by atoms with Crippen LogP contribution < -0.4 is 11.2 Å². The maximum absolute atomic E-state index is 12.0. The predicted molar refractivity (Wildman–Crippen MR) is 73.6 cm³/mol. The van der Waals surface area contributed by atoms with E-state index < -0.39 is 11.2 Å². The molecule has 0 spiro atoms. The molecule has 19 heavy (non-hydrogen) atoms. The van der Waals surface area contributed by atoms with Gasteiger partial charge in [-0.15, -0.1) is 0 Å². The van der Waals surface area contributed by atoms with Crippen molar-refractivity contribution in [3.63, 3.8) is 0 Å². The molecule has 2 unspecified atom stereocenters. The van der Waals surface area contributed by atoms with Crippen molar-refractivity contribution in [2.45, 2.75) is 52.5 Å². The summed E-state index contributed by atoms with van der Waals surface area (Å²) in [7, 11) is 0. The maximum atomic E-state index is 12.0. The zero-order chi connectivity index (χ0) is 14.2. The lowest BCUT2D eigenvalue weighted by Gasteiger charge is -2.33. The molecule has 0 radical (unpaired) electrons. The van der Waals surface area contributed by atoms with E-state index in [1.165, 1.54) is 4.57 Å². The van der Waals surface area contributed by atoms with Crippen LogP contribution in [0.15, 0.2) is 9.59 Å². The van der Waals surface area contributed by atoms with Gasteiger partial charge in [-0.1, -0.05) is 20.8 Å². The van der Waals surface area contributed by atoms with Crippen LogP contribution in [-0.4, -0.2) is 14.7 Å². The van der Waals surface area contributed by atoms with E-state index in [1.807, 2.05) is 0 Å². The van der Waals surface area contributed by atoms with E-state index in [4.69, 9.17) is 0 Å². The summed E-state index contributed by atoms with van der Waals surface area (Å²) < 4.78 is 1.38. The lowest BCUT2D eigenvalue weighted by Crippen LogP contribution is -2.36. The van der Waals surface area contributed by atoms with Crippen molar-refractivity contribution >= 4 is 0 Å². The molecule has 5 heteroatoms. The Balaban J connectivity index is 2.50. The van der Waals surface area contributed by atoms with Crippen LogP contribution in [0.4, 0.5) is 0 Å². The van der Waals surface area contributed by atoms with Gasteiger partial charge in [0.2, 0.25) is 5.88 Å². The summed E-state index contributed by atoms with van der Waals surface area (Å²) in [5.41, 5.74) is -0.672. The molecule has 2 atom stereocenters. The van der Waals surface area contributed by atoms with E-state index in [-0.39, 0.29) is 11.9 Å². The average molecular weight is 266 g/mol. The third-order valence-corrected chi connectivity index (χ3v) is 4.08. The van der Waals surface area contributed by atoms with Crippen molar-refractivity contribution in [2.24, 2.45) is 11.8 Å². The van der Waals surface area contributed by atoms with Gasteiger partial charge in [-0.05, 0) is 37.5 Å². The average Bonchev–Trinajstić information content (AvgIpc) is 2.27. The molecule has 1 aliphatic carbocycles. The molecule has 2 N–H and O–H groups in total. The molecule has 5 nitrogen and oxygen atoms in total. The number of rotatable bonds is 2. The highest BCUT2D eigenvalue weighted by molar-refractivity contribution is 5.23. The topological polar surface area (TPSA) is 75.1 Å². The minimum absolute atomic E-state index is 0.0200. The molecule has 1 heterocycles. The lowest BCUT2D eigenvalue weighted by atomic mass is 9.80. The Kier molecular flexibility index (Phi) is 3.83. The van der Waals surface area contributed by atoms with Crippen LogP contribution in [0.1, 0.15) is 51.6 Å². The van der Waals surface area contributed by atoms with Gasteiger partial charge >= 0.3 is 5.69 Å². The van der Waals surface area contributed by atoms with E-state index in [2.05, 4.69) is 18.8 Å². The fourth-order valence-corrected chi connectivity index (χ4v) is 3.35. The summed E-state index contributed by atoms with van der Waals surface area (Å²) in [4.78, 5) is 25.9. The number of hydrogen-bond acceptors (Lipinski definition) is 3. The van der Waals surface area contributed by atoms with Crippen LogP contribution >= 0.6 is 0 Å². The first kappa shape index (κ1) is 13.9. The first-order chi connectivity index (χ1) is 8.93. The molecule has 1 fully saturated rings. The molecule has 0 aromatic carbocycles. The first-order valence-corrected chi connectivity index (χ1v) is 7.00. The van der Waals surface area contributed by atoms with Gasteiger partial charge < -0.3 is 5.11 Å². The quantitative estimate of drug-likeness (QED) is 0.857. The summed E-state index contributed by atoms with van der Waals surface area (Å²) in [5, 5.41) is 10.2. The number of nitrogens with one attached hydrogen (secondary N) is 1. The molecule has 0 saturated heterocycles. The number of aromatic hydroxyl groups is 1. The fourth-order valence-electron chi connectivity index (χ4n) is 3.35. The zero-order valence-electron chi connectivity index (χ0n) is 11.8. The number of nitrogens with zero attached hydrogens (tertiary/aromatic N) is 1. The van der Waals surface area contributed by atoms with Gasteiger partial charge in [0.25, 0.3) is 5.56 Å². The van der Waals surface area contributed by atoms with E-state index in [0.717, 1.165) is 19.3 Å². The second-order valence-electron chi connectivity index (χ2n) is 5.86. The van der Waals surface area contributed by atoms with E-state index in [9.17, 15) is 14.7 Å². The SMILES string of the molecule is CCc1c(O)n(C2CC(C)CC(C)C2)c(=O)[nH]c1=O. The van der Waals surface area contributed by atoms with Gasteiger partial charge in [-0.2, -0.15) is 0 Å². The van der Waals surface area contributed by atoms with Gasteiger partial charge in [0.15, 0.2) is 0 Å². The summed E-state index contributed by atoms with van der Waals surface area (Å²) in [6.07, 6.45) is 3.30. The van der Waals surface area contributed by atoms with Crippen LogP contribution in [0.3, 0.4) is 0 Å². The molecule has 1 aromatic rings. The molecular weight excluding hydrogens is 244 g/mol. The van der Waals surface area contributed by atoms with Crippen LogP contribution in [0.5, 0.6) is 5.88 Å². The van der Waals surface area contributed by atoms with Crippen molar-refractivity contribution < 1.29 is 5.11 Å². The Labute approximate surface area is 112 Å². The number of aromatic nitrogens is 2. The monoisotopic (exact) mass is 266 g/mol. The lowest BCUT2D eigenvalue weighted by molar-refractivity contribution is 0.202. The van der Waals surface area contributed by atoms with E-state index in [1.54, 1.807) is 6.92 Å². The molecular formula is C14H22N2O3. The number of hydrogen-bond donors (Lipinski definition) is 2. The molecule has 1 aliphatic rings. The Morgan fingerprint density at radius 1 is 1.21 bits per heavy atom. The van der Waals surface area contributed by atoms with E-state index >= 15 is 0 Å². The predicted octanol–water partition coefficient (Wildman–Crippen LogP) is 1.80. The minimum Gasteiger partial charge on any atom is -0.494 e. The summed E-state index contributed by atoms with van der Waals surface area (Å²) in [6.45, 7) is 6.12. The van der Waals surface area contributed by atoms with E-state index in [0.29, 0.717) is 23.8 Å². The highest BCUT2D eigenvalue weighted by Gasteiger charge is 2.28. The maximum Gasteiger partial charge on any atom is 0.331 e. The van der Waals surface area contributed by atoms with Gasteiger partial charge in [0, 0.05) is 6.04 Å². The molecule has 0 aliphatic heterocycles. The Hall–Kier alpha value is -1.52. The third-order valence-electron chi connectivity index (χ3n) is 4.08. The van der Waals surface area contributed by atoms with Gasteiger partial charge in [0.1, 0.15) is 0 Å². The van der Waals surface area contributed by atoms with Crippen LogP contribution in [0.2, 0.25) is 0 Å². The third kappa shape index (κ3) is 2.60. The van der Waals surface area contributed by atoms with Crippen LogP contribution in [-0.2, 0) is 6.42 Å². The standard InChI is InChI=1S/C14H22N2O3/c1-4-11-12(17)15-14(19)16(13(11)18)10-6-8(2)5-9(3)7-10/h8-10,18H,4-7H2,1-3H3,(H,15,17,19). The largest absolute Gasteiger partial charge is 0.494 e.